The van der Waals surface area contributed by atoms with Crippen LogP contribution in [0.5, 0.6) is 0 Å². The SMILES string of the molecule is O=S(=O)(CCNC1CC1)Nc1ccc(F)c(F)c1F. The summed E-state index contributed by atoms with van der Waals surface area (Å²) in [4.78, 5) is 0. The zero-order valence-electron chi connectivity index (χ0n) is 9.92. The van der Waals surface area contributed by atoms with Crippen molar-refractivity contribution in [3.8, 4) is 0 Å². The summed E-state index contributed by atoms with van der Waals surface area (Å²) in [5.74, 6) is -4.87. The van der Waals surface area contributed by atoms with Crippen molar-refractivity contribution >= 4 is 15.7 Å². The average molecular weight is 294 g/mol. The lowest BCUT2D eigenvalue weighted by atomic mass is 10.3. The summed E-state index contributed by atoms with van der Waals surface area (Å²) < 4.78 is 64.1. The minimum atomic E-state index is -3.80. The van der Waals surface area contributed by atoms with Gasteiger partial charge >= 0.3 is 0 Å². The minimum Gasteiger partial charge on any atom is -0.313 e. The van der Waals surface area contributed by atoms with E-state index in [0.717, 1.165) is 18.9 Å². The molecule has 0 saturated heterocycles. The Balaban J connectivity index is 2.00. The molecule has 1 aromatic carbocycles. The molecule has 4 nitrogen and oxygen atoms in total. The smallest absolute Gasteiger partial charge is 0.234 e. The topological polar surface area (TPSA) is 58.2 Å². The van der Waals surface area contributed by atoms with Crippen LogP contribution in [0.4, 0.5) is 18.9 Å². The van der Waals surface area contributed by atoms with Gasteiger partial charge in [-0.1, -0.05) is 0 Å². The quantitative estimate of drug-likeness (QED) is 0.784. The molecule has 1 aliphatic rings. The van der Waals surface area contributed by atoms with Crippen molar-refractivity contribution < 1.29 is 21.6 Å². The molecule has 2 rings (SSSR count). The van der Waals surface area contributed by atoms with E-state index >= 15 is 0 Å². The van der Waals surface area contributed by atoms with Crippen LogP contribution < -0.4 is 10.0 Å². The van der Waals surface area contributed by atoms with Gasteiger partial charge in [-0.25, -0.2) is 21.6 Å². The van der Waals surface area contributed by atoms with E-state index in [1.807, 2.05) is 4.72 Å². The summed E-state index contributed by atoms with van der Waals surface area (Å²) in [6.45, 7) is 0.227. The molecule has 19 heavy (non-hydrogen) atoms. The van der Waals surface area contributed by atoms with Crippen molar-refractivity contribution in [1.82, 2.24) is 5.32 Å². The van der Waals surface area contributed by atoms with Crippen molar-refractivity contribution in [1.29, 1.82) is 0 Å². The van der Waals surface area contributed by atoms with E-state index in [2.05, 4.69) is 5.32 Å². The Bertz CT molecular complexity index is 574. The van der Waals surface area contributed by atoms with Crippen molar-refractivity contribution in [2.24, 2.45) is 0 Å². The number of halogens is 3. The van der Waals surface area contributed by atoms with Crippen molar-refractivity contribution in [3.63, 3.8) is 0 Å². The monoisotopic (exact) mass is 294 g/mol. The lowest BCUT2D eigenvalue weighted by Crippen LogP contribution is -2.28. The summed E-state index contributed by atoms with van der Waals surface area (Å²) in [6, 6.07) is 1.87. The van der Waals surface area contributed by atoms with Crippen LogP contribution in [0.3, 0.4) is 0 Å². The highest BCUT2D eigenvalue weighted by Gasteiger charge is 2.22. The Labute approximate surface area is 109 Å². The number of benzene rings is 1. The molecule has 1 aromatic rings. The number of hydrogen-bond donors (Lipinski definition) is 2. The Morgan fingerprint density at radius 1 is 1.16 bits per heavy atom. The Morgan fingerprint density at radius 2 is 1.84 bits per heavy atom. The van der Waals surface area contributed by atoms with Crippen LogP contribution in [-0.2, 0) is 10.0 Å². The van der Waals surface area contributed by atoms with Gasteiger partial charge in [0.2, 0.25) is 10.0 Å². The third-order valence-corrected chi connectivity index (χ3v) is 3.95. The number of rotatable bonds is 6. The molecule has 2 N–H and O–H groups in total. The maximum absolute atomic E-state index is 13.3. The fraction of sp³-hybridized carbons (Fsp3) is 0.455. The molecule has 0 aromatic heterocycles. The second-order valence-electron chi connectivity index (χ2n) is 4.37. The van der Waals surface area contributed by atoms with Gasteiger partial charge in [0.1, 0.15) is 0 Å². The third kappa shape index (κ3) is 3.84. The fourth-order valence-corrected chi connectivity index (χ4v) is 2.49. The van der Waals surface area contributed by atoms with Crippen molar-refractivity contribution in [2.75, 3.05) is 17.0 Å². The van der Waals surface area contributed by atoms with Crippen LogP contribution in [0.2, 0.25) is 0 Å². The first-order chi connectivity index (χ1) is 8.89. The first-order valence-electron chi connectivity index (χ1n) is 5.76. The number of nitrogens with one attached hydrogen (secondary N) is 2. The first kappa shape index (κ1) is 14.1. The lowest BCUT2D eigenvalue weighted by molar-refractivity contribution is 0.449. The standard InChI is InChI=1S/C11H13F3N2O2S/c12-8-3-4-9(11(14)10(8)13)16-19(17,18)6-5-15-7-1-2-7/h3-4,7,15-16H,1-2,5-6H2. The van der Waals surface area contributed by atoms with E-state index in [0.29, 0.717) is 12.1 Å². The Kier molecular flexibility index (Phi) is 4.00. The summed E-state index contributed by atoms with van der Waals surface area (Å²) in [5, 5.41) is 2.99. The minimum absolute atomic E-state index is 0.227. The molecule has 8 heteroatoms. The highest BCUT2D eigenvalue weighted by Crippen LogP contribution is 2.21. The molecule has 1 fully saturated rings. The van der Waals surface area contributed by atoms with Crippen LogP contribution >= 0.6 is 0 Å². The molecule has 0 heterocycles. The zero-order chi connectivity index (χ0) is 14.0. The van der Waals surface area contributed by atoms with E-state index in [-0.39, 0.29) is 12.3 Å². The molecule has 0 radical (unpaired) electrons. The summed E-state index contributed by atoms with van der Waals surface area (Å²) >= 11 is 0. The van der Waals surface area contributed by atoms with E-state index in [1.54, 1.807) is 0 Å². The van der Waals surface area contributed by atoms with E-state index in [9.17, 15) is 21.6 Å². The molecular weight excluding hydrogens is 281 g/mol. The van der Waals surface area contributed by atoms with Gasteiger partial charge in [0.05, 0.1) is 11.4 Å². The number of sulfonamides is 1. The highest BCUT2D eigenvalue weighted by molar-refractivity contribution is 7.92. The van der Waals surface area contributed by atoms with Gasteiger partial charge in [-0.05, 0) is 25.0 Å². The van der Waals surface area contributed by atoms with Crippen LogP contribution in [0, 0.1) is 17.5 Å². The van der Waals surface area contributed by atoms with Crippen molar-refractivity contribution in [2.45, 2.75) is 18.9 Å². The third-order valence-electron chi connectivity index (χ3n) is 2.68. The van der Waals surface area contributed by atoms with Gasteiger partial charge in [0.25, 0.3) is 0 Å². The molecule has 1 aliphatic carbocycles. The molecule has 0 aliphatic heterocycles. The largest absolute Gasteiger partial charge is 0.313 e. The summed E-state index contributed by atoms with van der Waals surface area (Å²) in [5.41, 5.74) is -0.592. The molecule has 0 bridgehead atoms. The second kappa shape index (κ2) is 5.38. The number of hydrogen-bond acceptors (Lipinski definition) is 3. The van der Waals surface area contributed by atoms with Gasteiger partial charge in [0, 0.05) is 12.6 Å². The molecule has 0 unspecified atom stereocenters. The molecule has 0 atom stereocenters. The zero-order valence-corrected chi connectivity index (χ0v) is 10.7. The van der Waals surface area contributed by atoms with Gasteiger partial charge < -0.3 is 5.32 Å². The van der Waals surface area contributed by atoms with E-state index < -0.39 is 33.2 Å². The molecule has 0 spiro atoms. The highest BCUT2D eigenvalue weighted by atomic mass is 32.2. The maximum Gasteiger partial charge on any atom is 0.234 e. The van der Waals surface area contributed by atoms with E-state index in [4.69, 9.17) is 0 Å². The summed E-state index contributed by atoms with van der Waals surface area (Å²) in [6.07, 6.45) is 2.04. The second-order valence-corrected chi connectivity index (χ2v) is 6.21. The van der Waals surface area contributed by atoms with E-state index in [1.165, 1.54) is 0 Å². The average Bonchev–Trinajstić information content (AvgIpc) is 3.14. The van der Waals surface area contributed by atoms with Crippen LogP contribution in [-0.4, -0.2) is 26.8 Å². The fourth-order valence-electron chi connectivity index (χ4n) is 1.51. The Hall–Kier alpha value is -1.28. The molecule has 106 valence electrons. The first-order valence-corrected chi connectivity index (χ1v) is 7.41. The van der Waals surface area contributed by atoms with Gasteiger partial charge in [-0.15, -0.1) is 0 Å². The number of anilines is 1. The van der Waals surface area contributed by atoms with Crippen LogP contribution in [0.15, 0.2) is 12.1 Å². The predicted molar refractivity (Wildman–Crippen MR) is 64.8 cm³/mol. The van der Waals surface area contributed by atoms with Crippen LogP contribution in [0.1, 0.15) is 12.8 Å². The predicted octanol–water partition coefficient (Wildman–Crippen LogP) is 1.60. The van der Waals surface area contributed by atoms with Gasteiger partial charge in [-0.3, -0.25) is 4.72 Å². The molecule has 1 saturated carbocycles. The molecule has 0 amide bonds. The van der Waals surface area contributed by atoms with Crippen LogP contribution in [0.25, 0.3) is 0 Å². The maximum atomic E-state index is 13.3. The van der Waals surface area contributed by atoms with Gasteiger partial charge in [-0.2, -0.15) is 0 Å². The van der Waals surface area contributed by atoms with Gasteiger partial charge in [0.15, 0.2) is 17.5 Å². The lowest BCUT2D eigenvalue weighted by Gasteiger charge is -2.09. The summed E-state index contributed by atoms with van der Waals surface area (Å²) in [7, 11) is -3.80. The Morgan fingerprint density at radius 3 is 2.47 bits per heavy atom. The normalized spacial score (nSPS) is 15.5. The molecular formula is C11H13F3N2O2S. The van der Waals surface area contributed by atoms with Crippen molar-refractivity contribution in [3.05, 3.63) is 29.6 Å².